The molecule has 0 radical (unpaired) electrons. The summed E-state index contributed by atoms with van der Waals surface area (Å²) >= 11 is 0. The van der Waals surface area contributed by atoms with Crippen LogP contribution in [0.5, 0.6) is 0 Å². The van der Waals surface area contributed by atoms with Gasteiger partial charge in [0.2, 0.25) is 0 Å². The fourth-order valence-corrected chi connectivity index (χ4v) is 2.52. The van der Waals surface area contributed by atoms with Crippen molar-refractivity contribution in [3.8, 4) is 6.07 Å². The van der Waals surface area contributed by atoms with Crippen LogP contribution in [0.1, 0.15) is 31.0 Å². The molecule has 0 fully saturated rings. The molecule has 0 saturated carbocycles. The first kappa shape index (κ1) is 15.7. The Balaban J connectivity index is 2.77. The molecule has 0 bridgehead atoms. The molecule has 1 unspecified atom stereocenters. The van der Waals surface area contributed by atoms with Crippen molar-refractivity contribution in [1.82, 2.24) is 4.90 Å². The molecule has 0 aliphatic rings. The number of hydrogen-bond donors (Lipinski definition) is 0. The molecule has 1 atom stereocenters. The van der Waals surface area contributed by atoms with Gasteiger partial charge >= 0.3 is 0 Å². The second kappa shape index (κ2) is 6.69. The molecular formula is C14H20N2O2S. The van der Waals surface area contributed by atoms with Crippen LogP contribution in [0.4, 0.5) is 0 Å². The third kappa shape index (κ3) is 5.01. The largest absolute Gasteiger partial charge is 0.296 e. The lowest BCUT2D eigenvalue weighted by Gasteiger charge is -2.27. The van der Waals surface area contributed by atoms with Crippen molar-refractivity contribution < 1.29 is 8.42 Å². The molecule has 5 heteroatoms. The molecule has 1 aromatic carbocycles. The van der Waals surface area contributed by atoms with Crippen molar-refractivity contribution in [3.05, 3.63) is 35.4 Å². The predicted octanol–water partition coefficient (Wildman–Crippen LogP) is 1.99. The molecule has 0 amide bonds. The molecule has 0 aromatic heterocycles. The van der Waals surface area contributed by atoms with Gasteiger partial charge in [0.15, 0.2) is 0 Å². The van der Waals surface area contributed by atoms with Gasteiger partial charge in [-0.3, -0.25) is 4.90 Å². The van der Waals surface area contributed by atoms with Gasteiger partial charge in [0.1, 0.15) is 9.84 Å². The van der Waals surface area contributed by atoms with Crippen LogP contribution in [0.2, 0.25) is 0 Å². The highest BCUT2D eigenvalue weighted by Crippen LogP contribution is 2.20. The van der Waals surface area contributed by atoms with Crippen LogP contribution in [0.25, 0.3) is 0 Å². The number of hydrogen-bond acceptors (Lipinski definition) is 4. The Labute approximate surface area is 115 Å². The topological polar surface area (TPSA) is 61.2 Å². The summed E-state index contributed by atoms with van der Waals surface area (Å²) in [5.41, 5.74) is 1.73. The molecule has 1 aromatic rings. The van der Waals surface area contributed by atoms with E-state index in [4.69, 9.17) is 5.26 Å². The molecule has 0 aliphatic carbocycles. The average molecular weight is 280 g/mol. The van der Waals surface area contributed by atoms with Gasteiger partial charge in [-0.2, -0.15) is 5.26 Å². The summed E-state index contributed by atoms with van der Waals surface area (Å²) in [6, 6.07) is 9.65. The number of nitrogens with zero attached hydrogens (tertiary/aromatic N) is 2. The lowest BCUT2D eigenvalue weighted by molar-refractivity contribution is 0.235. The van der Waals surface area contributed by atoms with Crippen molar-refractivity contribution in [3.63, 3.8) is 0 Å². The van der Waals surface area contributed by atoms with Crippen LogP contribution in [0, 0.1) is 11.3 Å². The fraction of sp³-hybridized carbons (Fsp3) is 0.500. The molecule has 0 spiro atoms. The average Bonchev–Trinajstić information content (AvgIpc) is 2.38. The first-order valence-electron chi connectivity index (χ1n) is 6.29. The lowest BCUT2D eigenvalue weighted by Crippen LogP contribution is -2.31. The third-order valence-electron chi connectivity index (χ3n) is 3.23. The van der Waals surface area contributed by atoms with E-state index < -0.39 is 9.84 Å². The maximum atomic E-state index is 11.2. The summed E-state index contributed by atoms with van der Waals surface area (Å²) in [6.45, 7) is 5.38. The van der Waals surface area contributed by atoms with Crippen LogP contribution in [0.3, 0.4) is 0 Å². The first-order chi connectivity index (χ1) is 8.87. The second-order valence-corrected chi connectivity index (χ2v) is 6.93. The minimum atomic E-state index is -2.94. The van der Waals surface area contributed by atoms with Crippen molar-refractivity contribution in [2.24, 2.45) is 0 Å². The zero-order valence-corrected chi connectivity index (χ0v) is 12.4. The van der Waals surface area contributed by atoms with E-state index >= 15 is 0 Å². The monoisotopic (exact) mass is 280 g/mol. The Bertz CT molecular complexity index is 544. The number of benzene rings is 1. The normalized spacial score (nSPS) is 13.2. The van der Waals surface area contributed by atoms with Gasteiger partial charge in [-0.1, -0.05) is 19.1 Å². The standard InChI is InChI=1S/C14H20N2O2S/c1-4-16(9-10-19(3,17)18)12(2)14-7-5-13(11-15)6-8-14/h5-8,12H,4,9-10H2,1-3H3. The zero-order valence-electron chi connectivity index (χ0n) is 11.6. The van der Waals surface area contributed by atoms with Crippen molar-refractivity contribution in [2.45, 2.75) is 19.9 Å². The smallest absolute Gasteiger partial charge is 0.148 e. The molecule has 19 heavy (non-hydrogen) atoms. The Morgan fingerprint density at radius 2 is 1.89 bits per heavy atom. The van der Waals surface area contributed by atoms with E-state index in [-0.39, 0.29) is 11.8 Å². The highest BCUT2D eigenvalue weighted by molar-refractivity contribution is 7.90. The molecule has 0 saturated heterocycles. The summed E-state index contributed by atoms with van der Waals surface area (Å²) in [7, 11) is -2.94. The Hall–Kier alpha value is -1.38. The van der Waals surface area contributed by atoms with E-state index in [0.717, 1.165) is 12.1 Å². The number of rotatable bonds is 6. The van der Waals surface area contributed by atoms with Crippen molar-refractivity contribution in [1.29, 1.82) is 5.26 Å². The van der Waals surface area contributed by atoms with Crippen LogP contribution < -0.4 is 0 Å². The third-order valence-corrected chi connectivity index (χ3v) is 4.15. The molecule has 0 heterocycles. The maximum absolute atomic E-state index is 11.2. The van der Waals surface area contributed by atoms with E-state index in [1.165, 1.54) is 6.26 Å². The van der Waals surface area contributed by atoms with Crippen molar-refractivity contribution in [2.75, 3.05) is 25.1 Å². The van der Waals surface area contributed by atoms with E-state index in [2.05, 4.69) is 11.0 Å². The van der Waals surface area contributed by atoms with E-state index in [0.29, 0.717) is 12.1 Å². The van der Waals surface area contributed by atoms with Gasteiger partial charge < -0.3 is 0 Å². The summed E-state index contributed by atoms with van der Waals surface area (Å²) in [4.78, 5) is 2.11. The molecule has 0 aliphatic heterocycles. The summed E-state index contributed by atoms with van der Waals surface area (Å²) in [5.74, 6) is 0.168. The van der Waals surface area contributed by atoms with Crippen LogP contribution in [-0.4, -0.2) is 38.4 Å². The minimum absolute atomic E-state index is 0.138. The van der Waals surface area contributed by atoms with Gasteiger partial charge in [-0.15, -0.1) is 0 Å². The van der Waals surface area contributed by atoms with Crippen LogP contribution in [-0.2, 0) is 9.84 Å². The Kier molecular flexibility index (Phi) is 5.52. The number of nitriles is 1. The Morgan fingerprint density at radius 3 is 2.32 bits per heavy atom. The first-order valence-corrected chi connectivity index (χ1v) is 8.35. The van der Waals surface area contributed by atoms with Gasteiger partial charge in [-0.05, 0) is 31.2 Å². The lowest BCUT2D eigenvalue weighted by atomic mass is 10.1. The van der Waals surface area contributed by atoms with Gasteiger partial charge in [0.05, 0.1) is 17.4 Å². The zero-order chi connectivity index (χ0) is 14.5. The van der Waals surface area contributed by atoms with E-state index in [1.54, 1.807) is 12.1 Å². The highest BCUT2D eigenvalue weighted by Gasteiger charge is 2.15. The molecular weight excluding hydrogens is 260 g/mol. The quantitative estimate of drug-likeness (QED) is 0.799. The van der Waals surface area contributed by atoms with Crippen LogP contribution >= 0.6 is 0 Å². The van der Waals surface area contributed by atoms with Gasteiger partial charge in [-0.25, -0.2) is 8.42 Å². The van der Waals surface area contributed by atoms with Crippen LogP contribution in [0.15, 0.2) is 24.3 Å². The Morgan fingerprint density at radius 1 is 1.32 bits per heavy atom. The molecule has 1 rings (SSSR count). The van der Waals surface area contributed by atoms with E-state index in [1.807, 2.05) is 26.0 Å². The van der Waals surface area contributed by atoms with Crippen molar-refractivity contribution >= 4 is 9.84 Å². The minimum Gasteiger partial charge on any atom is -0.296 e. The summed E-state index contributed by atoms with van der Waals surface area (Å²) < 4.78 is 22.5. The maximum Gasteiger partial charge on any atom is 0.148 e. The SMILES string of the molecule is CCN(CCS(C)(=O)=O)C(C)c1ccc(C#N)cc1. The molecule has 0 N–H and O–H groups in total. The molecule has 4 nitrogen and oxygen atoms in total. The summed E-state index contributed by atoms with van der Waals surface area (Å²) in [5, 5.41) is 8.77. The number of sulfone groups is 1. The fourth-order valence-electron chi connectivity index (χ4n) is 1.96. The molecule has 104 valence electrons. The second-order valence-electron chi connectivity index (χ2n) is 4.67. The van der Waals surface area contributed by atoms with Gasteiger partial charge in [0, 0.05) is 18.8 Å². The van der Waals surface area contributed by atoms with E-state index in [9.17, 15) is 8.42 Å². The predicted molar refractivity (Wildman–Crippen MR) is 76.5 cm³/mol. The highest BCUT2D eigenvalue weighted by atomic mass is 32.2. The summed E-state index contributed by atoms with van der Waals surface area (Å²) in [6.07, 6.45) is 1.26. The van der Waals surface area contributed by atoms with Gasteiger partial charge in [0.25, 0.3) is 0 Å².